The number of aliphatic hydroxyl groups excluding tert-OH is 1. The Balaban J connectivity index is 1.61. The summed E-state index contributed by atoms with van der Waals surface area (Å²) in [5, 5.41) is 15.6. The number of benzene rings is 1. The second kappa shape index (κ2) is 8.42. The Morgan fingerprint density at radius 1 is 1.25 bits per heavy atom. The number of nitrogens with one attached hydrogen (secondary N) is 1. The van der Waals surface area contributed by atoms with Crippen molar-refractivity contribution in [2.24, 2.45) is 5.92 Å². The summed E-state index contributed by atoms with van der Waals surface area (Å²) in [6, 6.07) is 13.8. The lowest BCUT2D eigenvalue weighted by Gasteiger charge is -2.25. The molecule has 2 aromatic rings. The fraction of sp³-hybridized carbons (Fsp3) is 0.421. The molecular weight excluding hydrogens is 320 g/mol. The smallest absolute Gasteiger partial charge is 0.236 e. The third-order valence-corrected chi connectivity index (χ3v) is 5.21. The maximum absolute atomic E-state index is 12.6. The number of hydrogen-bond donors (Lipinski definition) is 2. The molecule has 1 unspecified atom stereocenters. The van der Waals surface area contributed by atoms with Crippen LogP contribution >= 0.6 is 11.3 Å². The van der Waals surface area contributed by atoms with Gasteiger partial charge >= 0.3 is 0 Å². The first kappa shape index (κ1) is 17.1. The Hall–Kier alpha value is -1.69. The van der Waals surface area contributed by atoms with Crippen molar-refractivity contribution in [1.82, 2.24) is 10.2 Å². The normalized spacial score (nSPS) is 15.2. The molecule has 1 saturated carbocycles. The lowest BCUT2D eigenvalue weighted by atomic mass is 10.2. The monoisotopic (exact) mass is 344 g/mol. The van der Waals surface area contributed by atoms with Gasteiger partial charge in [-0.1, -0.05) is 36.4 Å². The van der Waals surface area contributed by atoms with Crippen molar-refractivity contribution in [2.75, 3.05) is 19.6 Å². The van der Waals surface area contributed by atoms with E-state index in [9.17, 15) is 9.90 Å². The van der Waals surface area contributed by atoms with Crippen LogP contribution in [0.25, 0.3) is 0 Å². The van der Waals surface area contributed by atoms with E-state index in [0.29, 0.717) is 19.6 Å². The van der Waals surface area contributed by atoms with Gasteiger partial charge in [-0.3, -0.25) is 4.79 Å². The second-order valence-electron chi connectivity index (χ2n) is 6.37. The van der Waals surface area contributed by atoms with Crippen LogP contribution in [0, 0.1) is 5.92 Å². The van der Waals surface area contributed by atoms with E-state index in [-0.39, 0.29) is 5.91 Å². The molecule has 3 rings (SSSR count). The van der Waals surface area contributed by atoms with E-state index in [1.54, 1.807) is 4.90 Å². The average Bonchev–Trinajstić information content (AvgIpc) is 3.25. The summed E-state index contributed by atoms with van der Waals surface area (Å²) in [4.78, 5) is 15.3. The summed E-state index contributed by atoms with van der Waals surface area (Å²) >= 11 is 1.52. The number of rotatable bonds is 9. The molecule has 1 aromatic heterocycles. The van der Waals surface area contributed by atoms with E-state index < -0.39 is 6.10 Å². The van der Waals surface area contributed by atoms with Crippen molar-refractivity contribution in [1.29, 1.82) is 0 Å². The van der Waals surface area contributed by atoms with E-state index >= 15 is 0 Å². The van der Waals surface area contributed by atoms with Crippen LogP contribution in [0.1, 0.15) is 29.4 Å². The highest BCUT2D eigenvalue weighted by molar-refractivity contribution is 7.10. The van der Waals surface area contributed by atoms with E-state index in [2.05, 4.69) is 5.32 Å². The summed E-state index contributed by atoms with van der Waals surface area (Å²) in [5.74, 6) is 0.784. The molecule has 1 aliphatic carbocycles. The number of aliphatic hydroxyl groups is 1. The van der Waals surface area contributed by atoms with Crippen LogP contribution in [0.5, 0.6) is 0 Å². The van der Waals surface area contributed by atoms with E-state index in [0.717, 1.165) is 22.9 Å². The van der Waals surface area contributed by atoms with Crippen LogP contribution in [0.3, 0.4) is 0 Å². The molecule has 128 valence electrons. The molecule has 4 nitrogen and oxygen atoms in total. The van der Waals surface area contributed by atoms with Gasteiger partial charge in [0.05, 0.1) is 13.1 Å². The molecule has 5 heteroatoms. The van der Waals surface area contributed by atoms with Crippen molar-refractivity contribution in [3.8, 4) is 0 Å². The number of carbonyl (C=O) groups is 1. The van der Waals surface area contributed by atoms with Gasteiger partial charge in [0.25, 0.3) is 0 Å². The van der Waals surface area contributed by atoms with Crippen molar-refractivity contribution in [3.05, 3.63) is 58.3 Å². The Morgan fingerprint density at radius 3 is 2.71 bits per heavy atom. The van der Waals surface area contributed by atoms with Gasteiger partial charge < -0.3 is 15.3 Å². The van der Waals surface area contributed by atoms with Crippen molar-refractivity contribution < 1.29 is 9.90 Å². The van der Waals surface area contributed by atoms with Gasteiger partial charge in [0.15, 0.2) is 0 Å². The highest BCUT2D eigenvalue weighted by atomic mass is 32.1. The largest absolute Gasteiger partial charge is 0.386 e. The van der Waals surface area contributed by atoms with Crippen LogP contribution in [-0.2, 0) is 11.3 Å². The molecule has 24 heavy (non-hydrogen) atoms. The molecule has 2 N–H and O–H groups in total. The van der Waals surface area contributed by atoms with Crippen LogP contribution < -0.4 is 5.32 Å². The zero-order valence-electron chi connectivity index (χ0n) is 13.7. The van der Waals surface area contributed by atoms with Crippen LogP contribution in [0.15, 0.2) is 47.8 Å². The maximum Gasteiger partial charge on any atom is 0.236 e. The van der Waals surface area contributed by atoms with Gasteiger partial charge in [0, 0.05) is 11.4 Å². The van der Waals surface area contributed by atoms with E-state index in [4.69, 9.17) is 0 Å². The quantitative estimate of drug-likeness (QED) is 0.735. The van der Waals surface area contributed by atoms with Crippen molar-refractivity contribution in [3.63, 3.8) is 0 Å². The van der Waals surface area contributed by atoms with Gasteiger partial charge in [-0.05, 0) is 42.3 Å². The maximum atomic E-state index is 12.6. The third-order valence-electron chi connectivity index (χ3n) is 4.24. The SMILES string of the molecule is O=C(CNCC1CC1)N(Cc1ccccc1)CC(O)c1cccs1. The summed E-state index contributed by atoms with van der Waals surface area (Å²) in [6.45, 7) is 2.09. The van der Waals surface area contributed by atoms with Gasteiger partial charge in [-0.25, -0.2) is 0 Å². The zero-order chi connectivity index (χ0) is 16.8. The van der Waals surface area contributed by atoms with Crippen molar-refractivity contribution in [2.45, 2.75) is 25.5 Å². The van der Waals surface area contributed by atoms with Crippen LogP contribution in [0.4, 0.5) is 0 Å². The first-order chi connectivity index (χ1) is 11.7. The molecule has 0 bridgehead atoms. The van der Waals surface area contributed by atoms with Crippen molar-refractivity contribution >= 4 is 17.2 Å². The van der Waals surface area contributed by atoms with Gasteiger partial charge in [0.1, 0.15) is 6.10 Å². The summed E-state index contributed by atoms with van der Waals surface area (Å²) < 4.78 is 0. The molecule has 1 atom stereocenters. The van der Waals surface area contributed by atoms with Gasteiger partial charge in [0.2, 0.25) is 5.91 Å². The Morgan fingerprint density at radius 2 is 2.04 bits per heavy atom. The lowest BCUT2D eigenvalue weighted by molar-refractivity contribution is -0.132. The topological polar surface area (TPSA) is 52.6 Å². The lowest BCUT2D eigenvalue weighted by Crippen LogP contribution is -2.40. The number of carbonyl (C=O) groups excluding carboxylic acids is 1. The predicted molar refractivity (Wildman–Crippen MR) is 96.7 cm³/mol. The fourth-order valence-electron chi connectivity index (χ4n) is 2.65. The van der Waals surface area contributed by atoms with Crippen LogP contribution in [-0.4, -0.2) is 35.5 Å². The van der Waals surface area contributed by atoms with Crippen LogP contribution in [0.2, 0.25) is 0 Å². The minimum Gasteiger partial charge on any atom is -0.386 e. The first-order valence-electron chi connectivity index (χ1n) is 8.46. The average molecular weight is 344 g/mol. The Kier molecular flexibility index (Phi) is 6.01. The molecule has 1 fully saturated rings. The minimum atomic E-state index is -0.638. The van der Waals surface area contributed by atoms with Gasteiger partial charge in [-0.15, -0.1) is 11.3 Å². The second-order valence-corrected chi connectivity index (χ2v) is 7.34. The fourth-order valence-corrected chi connectivity index (χ4v) is 3.36. The third kappa shape index (κ3) is 5.16. The van der Waals surface area contributed by atoms with E-state index in [1.807, 2.05) is 47.8 Å². The number of nitrogens with zero attached hydrogens (tertiary/aromatic N) is 1. The predicted octanol–water partition coefficient (Wildman–Crippen LogP) is 2.81. The molecule has 1 aromatic carbocycles. The summed E-state index contributed by atoms with van der Waals surface area (Å²) in [6.07, 6.45) is 1.90. The van der Waals surface area contributed by atoms with E-state index in [1.165, 1.54) is 24.2 Å². The Labute approximate surface area is 147 Å². The molecule has 0 saturated heterocycles. The molecule has 0 spiro atoms. The zero-order valence-corrected chi connectivity index (χ0v) is 14.5. The molecule has 0 radical (unpaired) electrons. The number of thiophene rings is 1. The minimum absolute atomic E-state index is 0.0371. The van der Waals surface area contributed by atoms with Gasteiger partial charge in [-0.2, -0.15) is 0 Å². The first-order valence-corrected chi connectivity index (χ1v) is 9.34. The highest BCUT2D eigenvalue weighted by Gasteiger charge is 2.23. The molecular formula is C19H24N2O2S. The molecule has 1 amide bonds. The number of hydrogen-bond acceptors (Lipinski definition) is 4. The summed E-state index contributed by atoms with van der Waals surface area (Å²) in [7, 11) is 0. The number of amides is 1. The standard InChI is InChI=1S/C19H24N2O2S/c22-17(18-7-4-10-24-18)14-21(13-16-5-2-1-3-6-16)19(23)12-20-11-15-8-9-15/h1-7,10,15,17,20,22H,8-9,11-14H2. The Bertz CT molecular complexity index is 626. The molecule has 1 aliphatic rings. The molecule has 1 heterocycles. The highest BCUT2D eigenvalue weighted by Crippen LogP contribution is 2.27. The summed E-state index contributed by atoms with van der Waals surface area (Å²) in [5.41, 5.74) is 1.08. The molecule has 0 aliphatic heterocycles.